The van der Waals surface area contributed by atoms with Gasteiger partial charge in [0.25, 0.3) is 0 Å². The summed E-state index contributed by atoms with van der Waals surface area (Å²) in [6.07, 6.45) is 0.594. The van der Waals surface area contributed by atoms with Crippen LogP contribution < -0.4 is 4.74 Å². The fraction of sp³-hybridized carbons (Fsp3) is 0.200. The third-order valence-electron chi connectivity index (χ3n) is 2.90. The van der Waals surface area contributed by atoms with Gasteiger partial charge in [-0.15, -0.1) is 0 Å². The van der Waals surface area contributed by atoms with Crippen LogP contribution in [0, 0.1) is 5.82 Å². The molecule has 1 unspecified atom stereocenters. The van der Waals surface area contributed by atoms with Crippen LogP contribution in [0.4, 0.5) is 4.39 Å². The maximum absolute atomic E-state index is 13.9. The molecule has 0 aliphatic rings. The van der Waals surface area contributed by atoms with Crippen molar-refractivity contribution in [2.24, 2.45) is 0 Å². The average Bonchev–Trinajstić information content (AvgIpc) is 2.40. The first-order chi connectivity index (χ1) is 9.13. The van der Waals surface area contributed by atoms with E-state index in [1.54, 1.807) is 12.1 Å². The fourth-order valence-corrected chi connectivity index (χ4v) is 2.96. The first-order valence-corrected chi connectivity index (χ1v) is 7.12. The van der Waals surface area contributed by atoms with Crippen LogP contribution in [0.1, 0.15) is 16.0 Å². The third-order valence-corrected chi connectivity index (χ3v) is 4.05. The quantitative estimate of drug-likeness (QED) is 0.696. The Morgan fingerprint density at radius 1 is 1.21 bits per heavy atom. The Morgan fingerprint density at radius 3 is 2.63 bits per heavy atom. The molecule has 0 heterocycles. The number of hydrogen-bond acceptors (Lipinski definition) is 1. The van der Waals surface area contributed by atoms with Crippen molar-refractivity contribution >= 4 is 27.5 Å². The van der Waals surface area contributed by atoms with Crippen LogP contribution in [0.3, 0.4) is 0 Å². The molecule has 1 nitrogen and oxygen atoms in total. The van der Waals surface area contributed by atoms with E-state index in [0.29, 0.717) is 22.8 Å². The summed E-state index contributed by atoms with van der Waals surface area (Å²) in [4.78, 5) is -0.191. The molecule has 0 aliphatic heterocycles. The van der Waals surface area contributed by atoms with Gasteiger partial charge in [-0.2, -0.15) is 0 Å². The van der Waals surface area contributed by atoms with Gasteiger partial charge in [-0.25, -0.2) is 4.39 Å². The van der Waals surface area contributed by atoms with E-state index in [-0.39, 0.29) is 10.6 Å². The van der Waals surface area contributed by atoms with Crippen molar-refractivity contribution in [1.29, 1.82) is 0 Å². The highest BCUT2D eigenvalue weighted by molar-refractivity contribution is 9.09. The van der Waals surface area contributed by atoms with Gasteiger partial charge in [0.05, 0.1) is 11.9 Å². The first kappa shape index (κ1) is 14.4. The van der Waals surface area contributed by atoms with Crippen LogP contribution in [-0.4, -0.2) is 7.11 Å². The van der Waals surface area contributed by atoms with Crippen molar-refractivity contribution < 1.29 is 9.13 Å². The van der Waals surface area contributed by atoms with E-state index < -0.39 is 0 Å². The van der Waals surface area contributed by atoms with Crippen LogP contribution >= 0.6 is 27.5 Å². The van der Waals surface area contributed by atoms with Gasteiger partial charge in [0.15, 0.2) is 0 Å². The second-order valence-corrected chi connectivity index (χ2v) is 5.63. The molecule has 4 heteroatoms. The molecule has 0 aromatic heterocycles. The summed E-state index contributed by atoms with van der Waals surface area (Å²) in [5.41, 5.74) is 1.49. The molecule has 100 valence electrons. The fourth-order valence-electron chi connectivity index (χ4n) is 1.96. The molecule has 0 radical (unpaired) electrons. The lowest BCUT2D eigenvalue weighted by Crippen LogP contribution is -2.02. The Kier molecular flexibility index (Phi) is 4.83. The molecular formula is C15H13BrClFO. The summed E-state index contributed by atoms with van der Waals surface area (Å²) < 4.78 is 19.2. The summed E-state index contributed by atoms with van der Waals surface area (Å²) in [6, 6.07) is 12.4. The molecule has 0 spiro atoms. The van der Waals surface area contributed by atoms with Gasteiger partial charge in [-0.05, 0) is 30.2 Å². The lowest BCUT2D eigenvalue weighted by Gasteiger charge is -2.15. The predicted molar refractivity (Wildman–Crippen MR) is 79.8 cm³/mol. The largest absolute Gasteiger partial charge is 0.496 e. The molecule has 0 saturated heterocycles. The van der Waals surface area contributed by atoms with Gasteiger partial charge in [0, 0.05) is 10.6 Å². The predicted octanol–water partition coefficient (Wildman–Crippen LogP) is 5.17. The maximum Gasteiger partial charge on any atom is 0.131 e. The second kappa shape index (κ2) is 6.40. The van der Waals surface area contributed by atoms with E-state index in [9.17, 15) is 4.39 Å². The number of ether oxygens (including phenoxy) is 1. The van der Waals surface area contributed by atoms with Crippen molar-refractivity contribution in [3.8, 4) is 5.75 Å². The van der Waals surface area contributed by atoms with Gasteiger partial charge in [0.2, 0.25) is 0 Å². The normalized spacial score (nSPS) is 12.2. The number of hydrogen-bond donors (Lipinski definition) is 0. The molecule has 0 saturated carbocycles. The summed E-state index contributed by atoms with van der Waals surface area (Å²) in [5.74, 6) is 0.252. The summed E-state index contributed by atoms with van der Waals surface area (Å²) >= 11 is 9.64. The number of methoxy groups -OCH3 is 1. The minimum absolute atomic E-state index is 0.191. The molecule has 19 heavy (non-hydrogen) atoms. The molecule has 2 aromatic carbocycles. The highest BCUT2D eigenvalue weighted by Crippen LogP contribution is 2.36. The van der Waals surface area contributed by atoms with E-state index in [0.717, 1.165) is 5.56 Å². The van der Waals surface area contributed by atoms with Gasteiger partial charge < -0.3 is 4.74 Å². The standard InChI is InChI=1S/C15H13BrClFO/c1-19-14-8-4-7-13(18)15(14)11(16)9-10-5-2-3-6-12(10)17/h2-8,11H,9H2,1H3. The summed E-state index contributed by atoms with van der Waals surface area (Å²) in [7, 11) is 1.54. The highest BCUT2D eigenvalue weighted by atomic mass is 79.9. The molecule has 2 rings (SSSR count). The third kappa shape index (κ3) is 3.28. The first-order valence-electron chi connectivity index (χ1n) is 5.83. The Bertz CT molecular complexity index is 574. The van der Waals surface area contributed by atoms with Crippen molar-refractivity contribution in [3.63, 3.8) is 0 Å². The van der Waals surface area contributed by atoms with Crippen molar-refractivity contribution in [2.75, 3.05) is 7.11 Å². The highest BCUT2D eigenvalue weighted by Gasteiger charge is 2.19. The van der Waals surface area contributed by atoms with E-state index in [4.69, 9.17) is 16.3 Å². The van der Waals surface area contributed by atoms with Gasteiger partial charge >= 0.3 is 0 Å². The number of alkyl halides is 1. The molecule has 0 bridgehead atoms. The molecule has 1 atom stereocenters. The topological polar surface area (TPSA) is 9.23 Å². The molecular weight excluding hydrogens is 331 g/mol. The van der Waals surface area contributed by atoms with Gasteiger partial charge in [-0.3, -0.25) is 0 Å². The van der Waals surface area contributed by atoms with Crippen molar-refractivity contribution in [3.05, 3.63) is 64.4 Å². The monoisotopic (exact) mass is 342 g/mol. The zero-order valence-corrected chi connectivity index (χ0v) is 12.7. The Balaban J connectivity index is 2.30. The Labute approximate surface area is 125 Å². The Morgan fingerprint density at radius 2 is 1.95 bits per heavy atom. The van der Waals surface area contributed by atoms with Crippen molar-refractivity contribution in [1.82, 2.24) is 0 Å². The van der Waals surface area contributed by atoms with E-state index in [1.807, 2.05) is 24.3 Å². The molecule has 2 aromatic rings. The number of rotatable bonds is 4. The van der Waals surface area contributed by atoms with Crippen LogP contribution in [0.5, 0.6) is 5.75 Å². The second-order valence-electron chi connectivity index (χ2n) is 4.12. The lowest BCUT2D eigenvalue weighted by molar-refractivity contribution is 0.404. The van der Waals surface area contributed by atoms with Crippen LogP contribution in [0.15, 0.2) is 42.5 Å². The average molecular weight is 344 g/mol. The van der Waals surface area contributed by atoms with Gasteiger partial charge in [0.1, 0.15) is 11.6 Å². The van der Waals surface area contributed by atoms with Crippen LogP contribution in [0.2, 0.25) is 5.02 Å². The summed E-state index contributed by atoms with van der Waals surface area (Å²) in [5, 5.41) is 0.683. The molecule has 0 aliphatic carbocycles. The Hall–Kier alpha value is -1.06. The SMILES string of the molecule is COc1cccc(F)c1C(Br)Cc1ccccc1Cl. The zero-order valence-electron chi connectivity index (χ0n) is 10.4. The van der Waals surface area contributed by atoms with E-state index in [1.165, 1.54) is 13.2 Å². The smallest absolute Gasteiger partial charge is 0.131 e. The molecule has 0 fully saturated rings. The lowest BCUT2D eigenvalue weighted by atomic mass is 10.0. The maximum atomic E-state index is 13.9. The van der Waals surface area contributed by atoms with Crippen LogP contribution in [0.25, 0.3) is 0 Å². The molecule has 0 N–H and O–H groups in total. The van der Waals surface area contributed by atoms with Gasteiger partial charge in [-0.1, -0.05) is 51.8 Å². The number of benzene rings is 2. The van der Waals surface area contributed by atoms with Crippen molar-refractivity contribution in [2.45, 2.75) is 11.2 Å². The molecule has 0 amide bonds. The minimum Gasteiger partial charge on any atom is -0.496 e. The minimum atomic E-state index is -0.284. The van der Waals surface area contributed by atoms with E-state index >= 15 is 0 Å². The number of halogens is 3. The van der Waals surface area contributed by atoms with Crippen LogP contribution in [-0.2, 0) is 6.42 Å². The van der Waals surface area contributed by atoms with E-state index in [2.05, 4.69) is 15.9 Å². The zero-order chi connectivity index (χ0) is 13.8. The summed E-state index contributed by atoms with van der Waals surface area (Å²) in [6.45, 7) is 0.